The lowest BCUT2D eigenvalue weighted by Crippen LogP contribution is -2.48. The zero-order valence-electron chi connectivity index (χ0n) is 17.8. The number of morpholine rings is 1. The molecule has 6 nitrogen and oxygen atoms in total. The molecule has 0 radical (unpaired) electrons. The van der Waals surface area contributed by atoms with Crippen molar-refractivity contribution in [1.82, 2.24) is 4.90 Å². The second-order valence-electron chi connectivity index (χ2n) is 9.25. The minimum atomic E-state index is -0.727. The van der Waals surface area contributed by atoms with Gasteiger partial charge in [-0.25, -0.2) is 4.79 Å². The Balaban J connectivity index is 0.000000152. The Labute approximate surface area is 201 Å². The van der Waals surface area contributed by atoms with Crippen LogP contribution in [0.25, 0.3) is 0 Å². The third-order valence-corrected chi connectivity index (χ3v) is 7.69. The smallest absolute Gasteiger partial charge is 0.329 e. The number of carbonyl (C=O) groups is 3. The van der Waals surface area contributed by atoms with Crippen LogP contribution in [-0.2, 0) is 30.0 Å². The number of benzene rings is 2. The van der Waals surface area contributed by atoms with Crippen LogP contribution in [0, 0.1) is 0 Å². The van der Waals surface area contributed by atoms with Crippen LogP contribution in [0.2, 0.25) is 10.0 Å². The number of amides is 1. The molecule has 8 heteroatoms. The van der Waals surface area contributed by atoms with E-state index in [1.54, 1.807) is 29.2 Å². The first-order chi connectivity index (χ1) is 15.7. The normalized spacial score (nSPS) is 25.0. The van der Waals surface area contributed by atoms with Crippen molar-refractivity contribution in [2.45, 2.75) is 55.1 Å². The van der Waals surface area contributed by atoms with E-state index in [2.05, 4.69) is 0 Å². The van der Waals surface area contributed by atoms with Gasteiger partial charge in [-0.1, -0.05) is 47.5 Å². The zero-order valence-corrected chi connectivity index (χ0v) is 19.3. The lowest BCUT2D eigenvalue weighted by Gasteiger charge is -2.29. The van der Waals surface area contributed by atoms with Gasteiger partial charge in [0.1, 0.15) is 12.1 Å². The van der Waals surface area contributed by atoms with E-state index in [-0.39, 0.29) is 24.0 Å². The van der Waals surface area contributed by atoms with Crippen LogP contribution in [-0.4, -0.2) is 46.5 Å². The number of hydrogen-bond acceptors (Lipinski definition) is 4. The summed E-state index contributed by atoms with van der Waals surface area (Å²) in [4.78, 5) is 37.1. The van der Waals surface area contributed by atoms with E-state index in [1.165, 1.54) is 0 Å². The number of nitrogens with zero attached hydrogens (tertiary/aromatic N) is 1. The Bertz CT molecular complexity index is 1110. The number of carboxylic acid groups (broad SMARTS) is 1. The minimum Gasteiger partial charge on any atom is -0.481 e. The monoisotopic (exact) mass is 487 g/mol. The van der Waals surface area contributed by atoms with Gasteiger partial charge in [-0.3, -0.25) is 9.59 Å². The Morgan fingerprint density at radius 1 is 0.879 bits per heavy atom. The Hall–Kier alpha value is -2.57. The van der Waals surface area contributed by atoms with Crippen molar-refractivity contribution in [3.05, 3.63) is 69.7 Å². The molecule has 2 aliphatic carbocycles. The molecular weight excluding hydrogens is 465 g/mol. The maximum absolute atomic E-state index is 12.8. The van der Waals surface area contributed by atoms with Crippen LogP contribution >= 0.6 is 23.2 Å². The predicted octanol–water partition coefficient (Wildman–Crippen LogP) is 4.35. The molecule has 1 amide bonds. The molecule has 1 N–H and O–H groups in total. The highest BCUT2D eigenvalue weighted by Gasteiger charge is 2.58. The number of aliphatic carboxylic acids is 1. The average Bonchev–Trinajstić information content (AvgIpc) is 3.71. The number of ether oxygens (including phenoxy) is 1. The number of carboxylic acids is 1. The minimum absolute atomic E-state index is 0.0731. The van der Waals surface area contributed by atoms with Crippen LogP contribution in [0.3, 0.4) is 0 Å². The quantitative estimate of drug-likeness (QED) is 0.647. The van der Waals surface area contributed by atoms with Crippen LogP contribution in [0.1, 0.15) is 43.2 Å². The third-order valence-electron chi connectivity index (χ3n) is 7.19. The molecule has 2 aromatic rings. The van der Waals surface area contributed by atoms with Crippen molar-refractivity contribution >= 4 is 41.0 Å². The first-order valence-corrected chi connectivity index (χ1v) is 11.8. The molecule has 0 spiro atoms. The standard InChI is InChI=1S/C15H14ClNO3.C10H9ClO2/c16-10-3-1-9(2-4-10)15(5-6-15)14(19)17-8-11-7-12(17)13(18)20-11;11-8-3-1-7(2-4-8)10(5-6-10)9(12)13/h1-4,11-12H,5-8H2;1-4H,5-6H2,(H,12,13)/t11-,12-;/m0./s1. The third kappa shape index (κ3) is 3.89. The Morgan fingerprint density at radius 2 is 1.36 bits per heavy atom. The van der Waals surface area contributed by atoms with Gasteiger partial charge in [0.05, 0.1) is 17.4 Å². The summed E-state index contributed by atoms with van der Waals surface area (Å²) in [6.45, 7) is 0.546. The van der Waals surface area contributed by atoms with Crippen molar-refractivity contribution in [2.75, 3.05) is 6.54 Å². The summed E-state index contributed by atoms with van der Waals surface area (Å²) in [5.74, 6) is -0.902. The van der Waals surface area contributed by atoms with E-state index in [0.717, 1.165) is 36.8 Å². The average molecular weight is 488 g/mol. The van der Waals surface area contributed by atoms with Crippen molar-refractivity contribution in [1.29, 1.82) is 0 Å². The number of halogens is 2. The van der Waals surface area contributed by atoms with Crippen molar-refractivity contribution < 1.29 is 24.2 Å². The fourth-order valence-electron chi connectivity index (χ4n) is 4.89. The van der Waals surface area contributed by atoms with Gasteiger partial charge < -0.3 is 14.7 Å². The molecule has 6 rings (SSSR count). The van der Waals surface area contributed by atoms with Gasteiger partial charge in [-0.15, -0.1) is 0 Å². The van der Waals surface area contributed by atoms with Gasteiger partial charge in [0.15, 0.2) is 0 Å². The molecule has 2 aromatic carbocycles. The van der Waals surface area contributed by atoms with Gasteiger partial charge in [0.2, 0.25) is 5.91 Å². The van der Waals surface area contributed by atoms with Crippen LogP contribution in [0.15, 0.2) is 48.5 Å². The van der Waals surface area contributed by atoms with Gasteiger partial charge in [0.25, 0.3) is 0 Å². The molecule has 4 fully saturated rings. The van der Waals surface area contributed by atoms with Crippen LogP contribution < -0.4 is 0 Å². The maximum atomic E-state index is 12.8. The molecule has 2 heterocycles. The first kappa shape index (κ1) is 22.2. The Morgan fingerprint density at radius 3 is 1.76 bits per heavy atom. The highest BCUT2D eigenvalue weighted by molar-refractivity contribution is 6.30. The van der Waals surface area contributed by atoms with Gasteiger partial charge in [-0.2, -0.15) is 0 Å². The van der Waals surface area contributed by atoms with Crippen LogP contribution in [0.5, 0.6) is 0 Å². The Kier molecular flexibility index (Phi) is 5.41. The molecule has 2 saturated heterocycles. The molecule has 2 aliphatic heterocycles. The summed E-state index contributed by atoms with van der Waals surface area (Å²) in [5.41, 5.74) is 0.826. The van der Waals surface area contributed by atoms with Crippen LogP contribution in [0.4, 0.5) is 0 Å². The van der Waals surface area contributed by atoms with Gasteiger partial charge in [0, 0.05) is 16.5 Å². The second-order valence-corrected chi connectivity index (χ2v) is 10.1. The van der Waals surface area contributed by atoms with E-state index in [9.17, 15) is 14.4 Å². The van der Waals surface area contributed by atoms with Crippen molar-refractivity contribution in [3.8, 4) is 0 Å². The summed E-state index contributed by atoms with van der Waals surface area (Å²) in [7, 11) is 0. The topological polar surface area (TPSA) is 83.9 Å². The summed E-state index contributed by atoms with van der Waals surface area (Å²) in [5, 5.41) is 10.3. The number of carbonyl (C=O) groups excluding carboxylic acids is 2. The predicted molar refractivity (Wildman–Crippen MR) is 122 cm³/mol. The van der Waals surface area contributed by atoms with E-state index in [0.29, 0.717) is 23.0 Å². The molecule has 0 aromatic heterocycles. The largest absolute Gasteiger partial charge is 0.481 e. The zero-order chi connectivity index (χ0) is 23.4. The number of esters is 1. The summed E-state index contributed by atoms with van der Waals surface area (Å²) in [6.07, 6.45) is 3.72. The maximum Gasteiger partial charge on any atom is 0.329 e. The number of hydrogen-bond donors (Lipinski definition) is 1. The fraction of sp³-hybridized carbons (Fsp3) is 0.400. The molecule has 2 atom stereocenters. The van der Waals surface area contributed by atoms with Gasteiger partial charge in [-0.05, 0) is 61.1 Å². The number of likely N-dealkylation sites (tertiary alicyclic amines) is 1. The lowest BCUT2D eigenvalue weighted by molar-refractivity contribution is -0.158. The lowest BCUT2D eigenvalue weighted by atomic mass is 9.94. The molecule has 2 saturated carbocycles. The van der Waals surface area contributed by atoms with E-state index in [1.807, 2.05) is 24.3 Å². The summed E-state index contributed by atoms with van der Waals surface area (Å²) >= 11 is 11.6. The molecule has 33 heavy (non-hydrogen) atoms. The SMILES string of the molecule is O=C(O)C1(c2ccc(Cl)cc2)CC1.O=C1O[C@H]2C[C@@H]1N(C(=O)C1(c3ccc(Cl)cc3)CC1)C2. The summed E-state index contributed by atoms with van der Waals surface area (Å²) < 4.78 is 5.14. The van der Waals surface area contributed by atoms with Crippen molar-refractivity contribution in [3.63, 3.8) is 0 Å². The number of fused-ring (bicyclic) bond motifs is 2. The van der Waals surface area contributed by atoms with E-state index >= 15 is 0 Å². The fourth-order valence-corrected chi connectivity index (χ4v) is 5.14. The second kappa shape index (κ2) is 8.03. The molecular formula is C25H23Cl2NO5. The molecule has 172 valence electrons. The number of rotatable bonds is 4. The highest BCUT2D eigenvalue weighted by Crippen LogP contribution is 2.51. The summed E-state index contributed by atoms with van der Waals surface area (Å²) in [6, 6.07) is 14.2. The highest BCUT2D eigenvalue weighted by atomic mass is 35.5. The van der Waals surface area contributed by atoms with Crippen molar-refractivity contribution in [2.24, 2.45) is 0 Å². The molecule has 0 unspecified atom stereocenters. The van der Waals surface area contributed by atoms with E-state index in [4.69, 9.17) is 33.0 Å². The first-order valence-electron chi connectivity index (χ1n) is 11.0. The van der Waals surface area contributed by atoms with Gasteiger partial charge >= 0.3 is 11.9 Å². The van der Waals surface area contributed by atoms with E-state index < -0.39 is 16.8 Å². The molecule has 2 bridgehead atoms. The molecule has 4 aliphatic rings.